The lowest BCUT2D eigenvalue weighted by atomic mass is 10.1. The minimum Gasteiger partial charge on any atom is -0.395 e. The highest BCUT2D eigenvalue weighted by Crippen LogP contribution is 2.49. The number of hydrogen-bond donors (Lipinski definition) is 1. The lowest BCUT2D eigenvalue weighted by Crippen LogP contribution is -2.12. The van der Waals surface area contributed by atoms with Gasteiger partial charge in [0, 0.05) is 16.7 Å². The molecule has 1 aromatic heterocycles. The van der Waals surface area contributed by atoms with Gasteiger partial charge in [-0.15, -0.1) is 11.3 Å². The van der Waals surface area contributed by atoms with Gasteiger partial charge in [-0.25, -0.2) is 4.98 Å². The zero-order chi connectivity index (χ0) is 8.89. The van der Waals surface area contributed by atoms with Crippen LogP contribution in [0.4, 0.5) is 0 Å². The van der Waals surface area contributed by atoms with Crippen molar-refractivity contribution in [1.82, 2.24) is 4.98 Å². The molecule has 2 fully saturated rings. The van der Waals surface area contributed by atoms with Crippen molar-refractivity contribution in [2.45, 2.75) is 37.0 Å². The highest BCUT2D eigenvalue weighted by atomic mass is 32.1. The summed E-state index contributed by atoms with van der Waals surface area (Å²) in [6, 6.07) is 0. The SMILES string of the molecule is OCC1(c2csc(C3CC3)n2)CC1. The van der Waals surface area contributed by atoms with Gasteiger partial charge >= 0.3 is 0 Å². The van der Waals surface area contributed by atoms with Crippen LogP contribution in [-0.4, -0.2) is 16.7 Å². The summed E-state index contributed by atoms with van der Waals surface area (Å²) in [4.78, 5) is 4.64. The Hall–Kier alpha value is -0.410. The van der Waals surface area contributed by atoms with Crippen molar-refractivity contribution < 1.29 is 5.11 Å². The quantitative estimate of drug-likeness (QED) is 0.800. The van der Waals surface area contributed by atoms with Crippen LogP contribution in [0.2, 0.25) is 0 Å². The van der Waals surface area contributed by atoms with Gasteiger partial charge < -0.3 is 5.11 Å². The Morgan fingerprint density at radius 1 is 1.54 bits per heavy atom. The molecule has 2 aliphatic rings. The maximum absolute atomic E-state index is 9.24. The van der Waals surface area contributed by atoms with Crippen LogP contribution >= 0.6 is 11.3 Å². The Kier molecular flexibility index (Phi) is 1.56. The molecule has 1 heterocycles. The molecule has 0 aliphatic heterocycles. The average Bonchev–Trinajstić information content (AvgIpc) is 3.07. The number of thiazole rings is 1. The molecule has 0 spiro atoms. The third kappa shape index (κ3) is 1.22. The normalized spacial score (nSPS) is 24.7. The molecule has 0 atom stereocenters. The van der Waals surface area contributed by atoms with Crippen molar-refractivity contribution in [2.24, 2.45) is 0 Å². The van der Waals surface area contributed by atoms with E-state index < -0.39 is 0 Å². The van der Waals surface area contributed by atoms with E-state index in [0.29, 0.717) is 0 Å². The summed E-state index contributed by atoms with van der Waals surface area (Å²) in [7, 11) is 0. The smallest absolute Gasteiger partial charge is 0.0959 e. The van der Waals surface area contributed by atoms with E-state index in [1.165, 1.54) is 17.8 Å². The first-order valence-electron chi connectivity index (χ1n) is 4.91. The second kappa shape index (κ2) is 2.55. The van der Waals surface area contributed by atoms with E-state index in [2.05, 4.69) is 10.4 Å². The Labute approximate surface area is 81.6 Å². The maximum atomic E-state index is 9.24. The standard InChI is InChI=1S/C10H13NOS/c12-6-10(3-4-10)8-5-13-9(11-8)7-1-2-7/h5,7,12H,1-4,6H2. The van der Waals surface area contributed by atoms with Gasteiger partial charge in [-0.3, -0.25) is 0 Å². The summed E-state index contributed by atoms with van der Waals surface area (Å²) in [5, 5.41) is 12.7. The average molecular weight is 195 g/mol. The van der Waals surface area contributed by atoms with Crippen molar-refractivity contribution in [2.75, 3.05) is 6.61 Å². The number of aliphatic hydroxyl groups is 1. The van der Waals surface area contributed by atoms with E-state index in [1.54, 1.807) is 11.3 Å². The first-order valence-corrected chi connectivity index (χ1v) is 5.79. The van der Waals surface area contributed by atoms with Gasteiger partial charge in [0.15, 0.2) is 0 Å². The molecule has 1 aromatic rings. The van der Waals surface area contributed by atoms with Crippen molar-refractivity contribution in [3.8, 4) is 0 Å². The van der Waals surface area contributed by atoms with Gasteiger partial charge in [0.05, 0.1) is 17.3 Å². The predicted molar refractivity (Wildman–Crippen MR) is 52.1 cm³/mol. The number of nitrogens with zero attached hydrogens (tertiary/aromatic N) is 1. The highest BCUT2D eigenvalue weighted by molar-refractivity contribution is 7.09. The molecule has 0 bridgehead atoms. The molecule has 3 heteroatoms. The number of aliphatic hydroxyl groups excluding tert-OH is 1. The summed E-state index contributed by atoms with van der Waals surface area (Å²) in [6.45, 7) is 0.279. The monoisotopic (exact) mass is 195 g/mol. The third-order valence-electron chi connectivity index (χ3n) is 3.15. The van der Waals surface area contributed by atoms with Crippen LogP contribution in [0.15, 0.2) is 5.38 Å². The second-order valence-corrected chi connectivity index (χ2v) is 5.17. The Balaban J connectivity index is 1.88. The van der Waals surface area contributed by atoms with E-state index in [-0.39, 0.29) is 12.0 Å². The lowest BCUT2D eigenvalue weighted by Gasteiger charge is -2.06. The first kappa shape index (κ1) is 7.94. The molecule has 0 unspecified atom stereocenters. The molecule has 2 saturated carbocycles. The Morgan fingerprint density at radius 3 is 2.85 bits per heavy atom. The molecule has 0 amide bonds. The Bertz CT molecular complexity index is 325. The van der Waals surface area contributed by atoms with Crippen LogP contribution in [0, 0.1) is 0 Å². The summed E-state index contributed by atoms with van der Waals surface area (Å²) in [6.07, 6.45) is 4.88. The molecule has 70 valence electrons. The van der Waals surface area contributed by atoms with Gasteiger partial charge in [-0.2, -0.15) is 0 Å². The Morgan fingerprint density at radius 2 is 2.31 bits per heavy atom. The summed E-state index contributed by atoms with van der Waals surface area (Å²) in [5.74, 6) is 0.758. The van der Waals surface area contributed by atoms with Crippen molar-refractivity contribution in [3.63, 3.8) is 0 Å². The van der Waals surface area contributed by atoms with E-state index in [4.69, 9.17) is 0 Å². The molecule has 1 N–H and O–H groups in total. The number of rotatable bonds is 3. The number of hydrogen-bond acceptors (Lipinski definition) is 3. The van der Waals surface area contributed by atoms with E-state index in [0.717, 1.165) is 24.5 Å². The first-order chi connectivity index (χ1) is 6.34. The van der Waals surface area contributed by atoms with Crippen LogP contribution in [-0.2, 0) is 5.41 Å². The van der Waals surface area contributed by atoms with Crippen LogP contribution < -0.4 is 0 Å². The van der Waals surface area contributed by atoms with Gasteiger partial charge in [-0.1, -0.05) is 0 Å². The van der Waals surface area contributed by atoms with Crippen LogP contribution in [0.5, 0.6) is 0 Å². The summed E-state index contributed by atoms with van der Waals surface area (Å²) in [5.41, 5.74) is 1.23. The largest absolute Gasteiger partial charge is 0.395 e. The van der Waals surface area contributed by atoms with E-state index in [9.17, 15) is 5.11 Å². The maximum Gasteiger partial charge on any atom is 0.0959 e. The summed E-state index contributed by atoms with van der Waals surface area (Å²) >= 11 is 1.78. The van der Waals surface area contributed by atoms with Crippen LogP contribution in [0.3, 0.4) is 0 Å². The van der Waals surface area contributed by atoms with Crippen molar-refractivity contribution >= 4 is 11.3 Å². The molecular formula is C10H13NOS. The van der Waals surface area contributed by atoms with Gasteiger partial charge in [-0.05, 0) is 25.7 Å². The minimum absolute atomic E-state index is 0.0731. The number of aromatic nitrogens is 1. The highest BCUT2D eigenvalue weighted by Gasteiger charge is 2.46. The van der Waals surface area contributed by atoms with Gasteiger partial charge in [0.1, 0.15) is 0 Å². The van der Waals surface area contributed by atoms with Crippen LogP contribution in [0.1, 0.15) is 42.3 Å². The topological polar surface area (TPSA) is 33.1 Å². The van der Waals surface area contributed by atoms with Crippen molar-refractivity contribution in [3.05, 3.63) is 16.1 Å². The van der Waals surface area contributed by atoms with E-state index >= 15 is 0 Å². The minimum atomic E-state index is 0.0731. The fourth-order valence-corrected chi connectivity index (χ4v) is 2.81. The molecule has 0 radical (unpaired) electrons. The van der Waals surface area contributed by atoms with Gasteiger partial charge in [0.2, 0.25) is 0 Å². The molecule has 3 rings (SSSR count). The molecule has 2 nitrogen and oxygen atoms in total. The zero-order valence-corrected chi connectivity index (χ0v) is 8.31. The molecular weight excluding hydrogens is 182 g/mol. The predicted octanol–water partition coefficient (Wildman–Crippen LogP) is 2.04. The second-order valence-electron chi connectivity index (χ2n) is 4.28. The molecule has 0 saturated heterocycles. The lowest BCUT2D eigenvalue weighted by molar-refractivity contribution is 0.253. The fraction of sp³-hybridized carbons (Fsp3) is 0.700. The summed E-state index contributed by atoms with van der Waals surface area (Å²) < 4.78 is 0. The fourth-order valence-electron chi connectivity index (χ4n) is 1.70. The zero-order valence-electron chi connectivity index (χ0n) is 7.49. The molecule has 0 aromatic carbocycles. The van der Waals surface area contributed by atoms with E-state index in [1.807, 2.05) is 0 Å². The van der Waals surface area contributed by atoms with Gasteiger partial charge in [0.25, 0.3) is 0 Å². The molecule has 2 aliphatic carbocycles. The molecule has 13 heavy (non-hydrogen) atoms. The van der Waals surface area contributed by atoms with Crippen LogP contribution in [0.25, 0.3) is 0 Å². The third-order valence-corrected chi connectivity index (χ3v) is 4.16. The van der Waals surface area contributed by atoms with Crippen molar-refractivity contribution in [1.29, 1.82) is 0 Å².